The molecule has 0 aliphatic heterocycles. The average Bonchev–Trinajstić information content (AvgIpc) is 2.27. The predicted octanol–water partition coefficient (Wildman–Crippen LogP) is 0.594. The number of nitrogens with one attached hydrogen (secondary N) is 2. The van der Waals surface area contributed by atoms with Crippen LogP contribution < -0.4 is 16.6 Å². The third kappa shape index (κ3) is 3.58. The van der Waals surface area contributed by atoms with Crippen molar-refractivity contribution >= 4 is 34.2 Å². The van der Waals surface area contributed by atoms with E-state index in [9.17, 15) is 4.21 Å². The standard InChI is InChI=1S/C8H14ClN5OS/c1-5(16(2)15)3-11-7-6(9)4-12-8(13-7)14-10/h4-5H,3,10H2,1-2H3,(H2,11,12,13,14). The molecule has 0 spiro atoms. The molecule has 2 atom stereocenters. The second kappa shape index (κ2) is 5.97. The molecule has 0 bridgehead atoms. The SMILES string of the molecule is CC(CNc1nc(NN)ncc1Cl)S(C)=O. The van der Waals surface area contributed by atoms with Crippen molar-refractivity contribution in [2.45, 2.75) is 12.2 Å². The van der Waals surface area contributed by atoms with Gasteiger partial charge in [0.05, 0.1) is 6.20 Å². The summed E-state index contributed by atoms with van der Waals surface area (Å²) in [5, 5.41) is 3.41. The monoisotopic (exact) mass is 263 g/mol. The zero-order valence-corrected chi connectivity index (χ0v) is 10.6. The van der Waals surface area contributed by atoms with Gasteiger partial charge in [-0.25, -0.2) is 10.8 Å². The highest BCUT2D eigenvalue weighted by Crippen LogP contribution is 2.18. The smallest absolute Gasteiger partial charge is 0.239 e. The van der Waals surface area contributed by atoms with Gasteiger partial charge in [-0.3, -0.25) is 9.63 Å². The fourth-order valence-electron chi connectivity index (χ4n) is 0.918. The molecule has 0 aliphatic carbocycles. The van der Waals surface area contributed by atoms with Crippen molar-refractivity contribution < 1.29 is 4.21 Å². The van der Waals surface area contributed by atoms with E-state index in [1.54, 1.807) is 6.26 Å². The molecule has 1 aromatic heterocycles. The van der Waals surface area contributed by atoms with Crippen LogP contribution in [-0.4, -0.2) is 32.2 Å². The van der Waals surface area contributed by atoms with Gasteiger partial charge < -0.3 is 5.32 Å². The molecule has 2 unspecified atom stereocenters. The lowest BCUT2D eigenvalue weighted by Gasteiger charge is -2.11. The maximum Gasteiger partial charge on any atom is 0.239 e. The van der Waals surface area contributed by atoms with Crippen molar-refractivity contribution in [3.63, 3.8) is 0 Å². The van der Waals surface area contributed by atoms with E-state index in [2.05, 4.69) is 20.7 Å². The largest absolute Gasteiger partial charge is 0.367 e. The topological polar surface area (TPSA) is 92.9 Å². The molecule has 8 heteroatoms. The lowest BCUT2D eigenvalue weighted by Crippen LogP contribution is -2.21. The zero-order valence-electron chi connectivity index (χ0n) is 9.03. The van der Waals surface area contributed by atoms with Gasteiger partial charge in [0.15, 0.2) is 5.82 Å². The van der Waals surface area contributed by atoms with Crippen LogP contribution in [0.2, 0.25) is 5.02 Å². The maximum atomic E-state index is 11.1. The van der Waals surface area contributed by atoms with Crippen molar-refractivity contribution in [2.24, 2.45) is 5.84 Å². The van der Waals surface area contributed by atoms with Gasteiger partial charge in [-0.1, -0.05) is 11.6 Å². The summed E-state index contributed by atoms with van der Waals surface area (Å²) in [6.07, 6.45) is 3.10. The lowest BCUT2D eigenvalue weighted by molar-refractivity contribution is 0.679. The molecule has 0 radical (unpaired) electrons. The van der Waals surface area contributed by atoms with Crippen LogP contribution in [0.3, 0.4) is 0 Å². The van der Waals surface area contributed by atoms with Gasteiger partial charge in [-0.05, 0) is 6.92 Å². The van der Waals surface area contributed by atoms with Gasteiger partial charge in [0, 0.05) is 28.9 Å². The number of nitrogens with zero attached hydrogens (tertiary/aromatic N) is 2. The van der Waals surface area contributed by atoms with E-state index in [0.29, 0.717) is 17.4 Å². The molecular formula is C8H14ClN5OS. The van der Waals surface area contributed by atoms with E-state index >= 15 is 0 Å². The van der Waals surface area contributed by atoms with E-state index in [4.69, 9.17) is 17.4 Å². The quantitative estimate of drug-likeness (QED) is 0.532. The molecule has 0 saturated heterocycles. The minimum absolute atomic E-state index is 0.0142. The Morgan fingerprint density at radius 3 is 2.94 bits per heavy atom. The first-order chi connectivity index (χ1) is 7.54. The lowest BCUT2D eigenvalue weighted by atomic mass is 10.4. The normalized spacial score (nSPS) is 14.2. The van der Waals surface area contributed by atoms with Crippen molar-refractivity contribution in [3.8, 4) is 0 Å². The Morgan fingerprint density at radius 2 is 2.38 bits per heavy atom. The summed E-state index contributed by atoms with van der Waals surface area (Å²) in [4.78, 5) is 7.87. The number of anilines is 2. The molecule has 0 amide bonds. The number of hydrazine groups is 1. The van der Waals surface area contributed by atoms with Crippen LogP contribution in [0.1, 0.15) is 6.92 Å². The number of hydrogen-bond acceptors (Lipinski definition) is 6. The summed E-state index contributed by atoms with van der Waals surface area (Å²) >= 11 is 5.88. The average molecular weight is 264 g/mol. The van der Waals surface area contributed by atoms with Gasteiger partial charge in [-0.15, -0.1) is 0 Å². The fraction of sp³-hybridized carbons (Fsp3) is 0.500. The van der Waals surface area contributed by atoms with Crippen LogP contribution in [0.25, 0.3) is 0 Å². The summed E-state index contributed by atoms with van der Waals surface area (Å²) in [6.45, 7) is 2.39. The van der Waals surface area contributed by atoms with Crippen LogP contribution in [0.4, 0.5) is 11.8 Å². The minimum atomic E-state index is -0.887. The first-order valence-electron chi connectivity index (χ1n) is 4.60. The fourth-order valence-corrected chi connectivity index (χ4v) is 1.39. The molecular weight excluding hydrogens is 250 g/mol. The second-order valence-electron chi connectivity index (χ2n) is 3.22. The molecule has 0 aliphatic rings. The Bertz CT molecular complexity index is 389. The van der Waals surface area contributed by atoms with E-state index < -0.39 is 10.8 Å². The summed E-state index contributed by atoms with van der Waals surface area (Å²) in [5.74, 6) is 5.93. The number of halogens is 1. The van der Waals surface area contributed by atoms with E-state index in [1.807, 2.05) is 6.92 Å². The first kappa shape index (κ1) is 13.1. The third-order valence-electron chi connectivity index (χ3n) is 2.00. The van der Waals surface area contributed by atoms with Crippen molar-refractivity contribution in [2.75, 3.05) is 23.5 Å². The van der Waals surface area contributed by atoms with Crippen LogP contribution in [0.5, 0.6) is 0 Å². The second-order valence-corrected chi connectivity index (χ2v) is 5.43. The Hall–Kier alpha value is -0.920. The molecule has 4 N–H and O–H groups in total. The van der Waals surface area contributed by atoms with Gasteiger partial charge >= 0.3 is 0 Å². The molecule has 0 fully saturated rings. The molecule has 90 valence electrons. The minimum Gasteiger partial charge on any atom is -0.367 e. The Balaban J connectivity index is 2.69. The molecule has 0 aromatic carbocycles. The molecule has 1 heterocycles. The van der Waals surface area contributed by atoms with Crippen LogP contribution >= 0.6 is 11.6 Å². The predicted molar refractivity (Wildman–Crippen MR) is 66.9 cm³/mol. The number of nitrogen functional groups attached to an aromatic ring is 1. The zero-order chi connectivity index (χ0) is 12.1. The number of aromatic nitrogens is 2. The Kier molecular flexibility index (Phi) is 4.91. The van der Waals surface area contributed by atoms with Crippen LogP contribution in [0, 0.1) is 0 Å². The molecule has 0 saturated carbocycles. The summed E-state index contributed by atoms with van der Waals surface area (Å²) in [7, 11) is -0.887. The van der Waals surface area contributed by atoms with Crippen molar-refractivity contribution in [3.05, 3.63) is 11.2 Å². The van der Waals surface area contributed by atoms with E-state index in [-0.39, 0.29) is 11.2 Å². The number of rotatable bonds is 5. The number of hydrogen-bond donors (Lipinski definition) is 3. The maximum absolute atomic E-state index is 11.1. The Morgan fingerprint density at radius 1 is 1.69 bits per heavy atom. The highest BCUT2D eigenvalue weighted by Gasteiger charge is 2.09. The first-order valence-corrected chi connectivity index (χ1v) is 6.59. The van der Waals surface area contributed by atoms with E-state index in [0.717, 1.165) is 0 Å². The van der Waals surface area contributed by atoms with Gasteiger partial charge in [0.25, 0.3) is 0 Å². The van der Waals surface area contributed by atoms with Gasteiger partial charge in [0.2, 0.25) is 5.95 Å². The molecule has 1 aromatic rings. The summed E-state index contributed by atoms with van der Waals surface area (Å²) in [5.41, 5.74) is 2.32. The summed E-state index contributed by atoms with van der Waals surface area (Å²) < 4.78 is 11.1. The Labute approximate surface area is 101 Å². The van der Waals surface area contributed by atoms with Crippen molar-refractivity contribution in [1.82, 2.24) is 9.97 Å². The van der Waals surface area contributed by atoms with Gasteiger partial charge in [0.1, 0.15) is 5.02 Å². The highest BCUT2D eigenvalue weighted by molar-refractivity contribution is 7.84. The van der Waals surface area contributed by atoms with Crippen LogP contribution in [-0.2, 0) is 10.8 Å². The molecule has 1 rings (SSSR count). The van der Waals surface area contributed by atoms with Crippen molar-refractivity contribution in [1.29, 1.82) is 0 Å². The third-order valence-corrected chi connectivity index (χ3v) is 3.57. The number of nitrogens with two attached hydrogens (primary N) is 1. The van der Waals surface area contributed by atoms with Gasteiger partial charge in [-0.2, -0.15) is 4.98 Å². The summed E-state index contributed by atoms with van der Waals surface area (Å²) in [6, 6.07) is 0. The highest BCUT2D eigenvalue weighted by atomic mass is 35.5. The van der Waals surface area contributed by atoms with E-state index in [1.165, 1.54) is 6.20 Å². The molecule has 16 heavy (non-hydrogen) atoms. The van der Waals surface area contributed by atoms with Crippen LogP contribution in [0.15, 0.2) is 6.20 Å². The molecule has 6 nitrogen and oxygen atoms in total.